The number of nitrogens with zero attached hydrogens (tertiary/aromatic N) is 2. The molecule has 0 aliphatic heterocycles. The number of phenolic OH excluding ortho intramolecular Hbond substituents is 1. The van der Waals surface area contributed by atoms with Crippen molar-refractivity contribution >= 4 is 50.0 Å². The first-order chi connectivity index (χ1) is 18.8. The molecule has 0 saturated carbocycles. The molecule has 204 valence electrons. The molecule has 0 aliphatic carbocycles. The Balaban J connectivity index is 1.61. The molecule has 0 bridgehead atoms. The third kappa shape index (κ3) is 7.31. The molecule has 1 heterocycles. The fraction of sp³-hybridized carbons (Fsp3) is 0.192. The first-order valence-corrected chi connectivity index (χ1v) is 13.3. The maximum atomic E-state index is 13.4. The van der Waals surface area contributed by atoms with Gasteiger partial charge in [-0.1, -0.05) is 18.2 Å². The van der Waals surface area contributed by atoms with Crippen LogP contribution in [-0.4, -0.2) is 63.3 Å². The minimum Gasteiger partial charge on any atom is -0.508 e. The topological polar surface area (TPSA) is 164 Å². The maximum Gasteiger partial charge on any atom is 0.263 e. The Bertz CT molecular complexity index is 1580. The molecular weight excluding hydrogens is 524 g/mol. The Morgan fingerprint density at radius 1 is 0.923 bits per heavy atom. The molecule has 1 amide bonds. The van der Waals surface area contributed by atoms with Gasteiger partial charge in [-0.25, -0.2) is 18.4 Å². The lowest BCUT2D eigenvalue weighted by atomic mass is 10.2. The van der Waals surface area contributed by atoms with Crippen molar-refractivity contribution in [3.8, 4) is 11.5 Å². The van der Waals surface area contributed by atoms with E-state index in [2.05, 4.69) is 30.6 Å². The van der Waals surface area contributed by atoms with Crippen LogP contribution in [0.2, 0.25) is 0 Å². The molecule has 1 aromatic heterocycles. The number of hydrogen-bond acceptors (Lipinski definition) is 10. The number of para-hydroxylation sites is 2. The number of carbonyl (C=O) groups is 1. The lowest BCUT2D eigenvalue weighted by molar-refractivity contribution is -0.115. The minimum absolute atomic E-state index is 0.0418. The number of benzene rings is 3. The summed E-state index contributed by atoms with van der Waals surface area (Å²) in [7, 11) is -1.13. The summed E-state index contributed by atoms with van der Waals surface area (Å²) in [5, 5.41) is 18.6. The van der Waals surface area contributed by atoms with Gasteiger partial charge in [0.15, 0.2) is 11.6 Å². The minimum atomic E-state index is -4.15. The van der Waals surface area contributed by atoms with Crippen LogP contribution in [0.1, 0.15) is 0 Å². The summed E-state index contributed by atoms with van der Waals surface area (Å²) in [6.07, 6.45) is 0. The summed E-state index contributed by atoms with van der Waals surface area (Å²) >= 11 is 0. The van der Waals surface area contributed by atoms with Gasteiger partial charge in [-0.2, -0.15) is 0 Å². The van der Waals surface area contributed by atoms with E-state index in [0.717, 1.165) is 0 Å². The Morgan fingerprint density at radius 3 is 2.38 bits per heavy atom. The number of methoxy groups -OCH3 is 2. The van der Waals surface area contributed by atoms with E-state index >= 15 is 0 Å². The predicted octanol–water partition coefficient (Wildman–Crippen LogP) is 3.06. The summed E-state index contributed by atoms with van der Waals surface area (Å²) in [5.74, 6) is 0.0490. The summed E-state index contributed by atoms with van der Waals surface area (Å²) < 4.78 is 39.4. The average molecular weight is 553 g/mol. The standard InChI is InChI=1S/C26H28N6O6S/c1-37-11-10-27-16-24(34)28-17-6-5-7-21(14-17)39(35,36)32-26-25(30-22-8-3-4-9-23(22)31-26)29-18-12-19(33)15-20(13-18)38-2/h3-9,12-15,27,33H,10-11,16H2,1-2H3,(H,28,34)(H,29,30)(H,31,32). The van der Waals surface area contributed by atoms with Gasteiger partial charge >= 0.3 is 0 Å². The van der Waals surface area contributed by atoms with E-state index in [4.69, 9.17) is 9.47 Å². The summed E-state index contributed by atoms with van der Waals surface area (Å²) in [5.41, 5.74) is 1.71. The van der Waals surface area contributed by atoms with E-state index in [9.17, 15) is 18.3 Å². The number of sulfonamides is 1. The molecule has 0 saturated heterocycles. The SMILES string of the molecule is COCCNCC(=O)Nc1cccc(S(=O)(=O)Nc2nc3ccccc3nc2Nc2cc(O)cc(OC)c2)c1. The van der Waals surface area contributed by atoms with Crippen LogP contribution in [0.3, 0.4) is 0 Å². The highest BCUT2D eigenvalue weighted by molar-refractivity contribution is 7.92. The molecular formula is C26H28N6O6S. The average Bonchev–Trinajstić information content (AvgIpc) is 2.91. The van der Waals surface area contributed by atoms with Gasteiger partial charge in [-0.3, -0.25) is 9.52 Å². The molecule has 12 nitrogen and oxygen atoms in total. The van der Waals surface area contributed by atoms with Crippen molar-refractivity contribution in [1.82, 2.24) is 15.3 Å². The number of rotatable bonds is 12. The number of nitrogens with one attached hydrogen (secondary N) is 4. The van der Waals surface area contributed by atoms with Crippen LogP contribution in [-0.2, 0) is 19.6 Å². The Kier molecular flexibility index (Phi) is 8.76. The van der Waals surface area contributed by atoms with Crippen LogP contribution in [0, 0.1) is 0 Å². The highest BCUT2D eigenvalue weighted by Gasteiger charge is 2.20. The smallest absolute Gasteiger partial charge is 0.263 e. The zero-order chi connectivity index (χ0) is 27.8. The van der Waals surface area contributed by atoms with Crippen LogP contribution in [0.15, 0.2) is 71.6 Å². The number of fused-ring (bicyclic) bond motifs is 1. The summed E-state index contributed by atoms with van der Waals surface area (Å²) in [6.45, 7) is 1.00. The summed E-state index contributed by atoms with van der Waals surface area (Å²) in [6, 6.07) is 17.3. The van der Waals surface area contributed by atoms with Crippen molar-refractivity contribution in [3.63, 3.8) is 0 Å². The second-order valence-electron chi connectivity index (χ2n) is 8.31. The molecule has 0 aliphatic rings. The summed E-state index contributed by atoms with van der Waals surface area (Å²) in [4.78, 5) is 21.1. The number of anilines is 4. The number of carbonyl (C=O) groups excluding carboxylic acids is 1. The molecule has 0 atom stereocenters. The van der Waals surface area contributed by atoms with Gasteiger partial charge in [-0.15, -0.1) is 0 Å². The zero-order valence-electron chi connectivity index (χ0n) is 21.3. The van der Waals surface area contributed by atoms with E-state index in [1.54, 1.807) is 43.5 Å². The van der Waals surface area contributed by atoms with E-state index in [0.29, 0.717) is 41.3 Å². The van der Waals surface area contributed by atoms with Crippen molar-refractivity contribution in [2.24, 2.45) is 0 Å². The van der Waals surface area contributed by atoms with Crippen molar-refractivity contribution in [2.45, 2.75) is 4.90 Å². The highest BCUT2D eigenvalue weighted by atomic mass is 32.2. The van der Waals surface area contributed by atoms with E-state index in [1.165, 1.54) is 37.4 Å². The third-order valence-corrected chi connectivity index (χ3v) is 6.72. The lowest BCUT2D eigenvalue weighted by Crippen LogP contribution is -2.30. The molecule has 0 fully saturated rings. The highest BCUT2D eigenvalue weighted by Crippen LogP contribution is 2.31. The van der Waals surface area contributed by atoms with Crippen molar-refractivity contribution < 1.29 is 27.8 Å². The van der Waals surface area contributed by atoms with Crippen LogP contribution in [0.5, 0.6) is 11.5 Å². The van der Waals surface area contributed by atoms with Crippen molar-refractivity contribution in [1.29, 1.82) is 0 Å². The normalized spacial score (nSPS) is 11.2. The Labute approximate surface area is 225 Å². The van der Waals surface area contributed by atoms with E-state index in [1.807, 2.05) is 0 Å². The molecule has 0 unspecified atom stereocenters. The maximum absolute atomic E-state index is 13.4. The van der Waals surface area contributed by atoms with Gasteiger partial charge < -0.3 is 30.5 Å². The second-order valence-corrected chi connectivity index (χ2v) is 9.99. The lowest BCUT2D eigenvalue weighted by Gasteiger charge is -2.15. The number of phenols is 1. The molecule has 4 aromatic rings. The quantitative estimate of drug-likeness (QED) is 0.165. The van der Waals surface area contributed by atoms with E-state index < -0.39 is 10.0 Å². The molecule has 39 heavy (non-hydrogen) atoms. The van der Waals surface area contributed by atoms with Gasteiger partial charge in [0.1, 0.15) is 11.5 Å². The fourth-order valence-corrected chi connectivity index (χ4v) is 4.63. The number of amides is 1. The zero-order valence-corrected chi connectivity index (χ0v) is 22.1. The van der Waals surface area contributed by atoms with Crippen molar-refractivity contribution in [2.75, 3.05) is 49.3 Å². The number of ether oxygens (including phenoxy) is 2. The van der Waals surface area contributed by atoms with Crippen LogP contribution < -0.4 is 25.4 Å². The molecule has 4 rings (SSSR count). The second kappa shape index (κ2) is 12.4. The Hall–Kier alpha value is -4.46. The van der Waals surface area contributed by atoms with Crippen LogP contribution >= 0.6 is 0 Å². The first-order valence-electron chi connectivity index (χ1n) is 11.8. The Morgan fingerprint density at radius 2 is 1.67 bits per heavy atom. The molecule has 0 spiro atoms. The van der Waals surface area contributed by atoms with Gasteiger partial charge in [0.05, 0.1) is 36.2 Å². The van der Waals surface area contributed by atoms with Gasteiger partial charge in [0, 0.05) is 43.2 Å². The molecule has 0 radical (unpaired) electrons. The monoisotopic (exact) mass is 552 g/mol. The largest absolute Gasteiger partial charge is 0.508 e. The number of aromatic nitrogens is 2. The molecule has 13 heteroatoms. The van der Waals surface area contributed by atoms with E-state index in [-0.39, 0.29) is 34.7 Å². The fourth-order valence-electron chi connectivity index (χ4n) is 3.58. The van der Waals surface area contributed by atoms with Gasteiger partial charge in [-0.05, 0) is 30.3 Å². The van der Waals surface area contributed by atoms with Crippen molar-refractivity contribution in [3.05, 3.63) is 66.7 Å². The molecule has 3 aromatic carbocycles. The van der Waals surface area contributed by atoms with Gasteiger partial charge in [0.2, 0.25) is 5.91 Å². The first kappa shape index (κ1) is 27.6. The van der Waals surface area contributed by atoms with Crippen LogP contribution in [0.4, 0.5) is 23.0 Å². The van der Waals surface area contributed by atoms with Gasteiger partial charge in [0.25, 0.3) is 10.0 Å². The number of aromatic hydroxyl groups is 1. The third-order valence-electron chi connectivity index (χ3n) is 5.39. The number of hydrogen-bond donors (Lipinski definition) is 5. The van der Waals surface area contributed by atoms with Crippen LogP contribution in [0.25, 0.3) is 11.0 Å². The molecule has 5 N–H and O–H groups in total. The predicted molar refractivity (Wildman–Crippen MR) is 148 cm³/mol.